The lowest BCUT2D eigenvalue weighted by Crippen LogP contribution is -2.00. The molecule has 84 valence electrons. The zero-order valence-electron chi connectivity index (χ0n) is 9.75. The molecule has 2 nitrogen and oxygen atoms in total. The van der Waals surface area contributed by atoms with Gasteiger partial charge in [0.15, 0.2) is 0 Å². The molecule has 0 radical (unpaired) electrons. The topological polar surface area (TPSA) is 35.2 Å². The maximum absolute atomic E-state index is 5.49. The van der Waals surface area contributed by atoms with E-state index in [1.165, 1.54) is 11.1 Å². The molecule has 0 saturated carbocycles. The van der Waals surface area contributed by atoms with Crippen molar-refractivity contribution < 1.29 is 4.74 Å². The van der Waals surface area contributed by atoms with Gasteiger partial charge in [-0.1, -0.05) is 13.0 Å². The molecule has 0 aromatic heterocycles. The number of hydrogen-bond acceptors (Lipinski definition) is 2. The van der Waals surface area contributed by atoms with Gasteiger partial charge >= 0.3 is 0 Å². The number of aryl methyl sites for hydroxylation is 2. The van der Waals surface area contributed by atoms with Gasteiger partial charge in [-0.2, -0.15) is 0 Å². The molecule has 0 bridgehead atoms. The van der Waals surface area contributed by atoms with Crippen molar-refractivity contribution in [1.29, 1.82) is 0 Å². The number of rotatable bonds is 6. The lowest BCUT2D eigenvalue weighted by molar-refractivity contribution is 0.414. The molecule has 0 heterocycles. The largest absolute Gasteiger partial charge is 0.497 e. The molecule has 0 amide bonds. The Morgan fingerprint density at radius 1 is 1.20 bits per heavy atom. The maximum Gasteiger partial charge on any atom is 0.119 e. The highest BCUT2D eigenvalue weighted by Crippen LogP contribution is 2.19. The van der Waals surface area contributed by atoms with E-state index in [-0.39, 0.29) is 0 Å². The molecule has 1 aromatic carbocycles. The fourth-order valence-electron chi connectivity index (χ4n) is 1.77. The van der Waals surface area contributed by atoms with Crippen LogP contribution < -0.4 is 10.5 Å². The van der Waals surface area contributed by atoms with E-state index in [1.807, 2.05) is 6.07 Å². The molecule has 15 heavy (non-hydrogen) atoms. The van der Waals surface area contributed by atoms with Crippen LogP contribution in [-0.4, -0.2) is 13.7 Å². The lowest BCUT2D eigenvalue weighted by atomic mass is 10.00. The summed E-state index contributed by atoms with van der Waals surface area (Å²) in [7, 11) is 1.71. The molecule has 0 spiro atoms. The van der Waals surface area contributed by atoms with Crippen LogP contribution in [0.15, 0.2) is 18.2 Å². The van der Waals surface area contributed by atoms with Crippen LogP contribution in [0.5, 0.6) is 5.75 Å². The number of benzene rings is 1. The Kier molecular flexibility index (Phi) is 5.19. The summed E-state index contributed by atoms with van der Waals surface area (Å²) in [6.07, 6.45) is 4.45. The number of ether oxygens (including phenoxy) is 1. The summed E-state index contributed by atoms with van der Waals surface area (Å²) in [5, 5.41) is 0. The maximum atomic E-state index is 5.49. The van der Waals surface area contributed by atoms with Crippen molar-refractivity contribution in [3.63, 3.8) is 0 Å². The standard InChI is InChI=1S/C13H21NO/c1-3-11-7-8-13(15-2)10-12(11)6-4-5-9-14/h7-8,10H,3-6,9,14H2,1-2H3. The molecular formula is C13H21NO. The quantitative estimate of drug-likeness (QED) is 0.727. The lowest BCUT2D eigenvalue weighted by Gasteiger charge is -2.09. The van der Waals surface area contributed by atoms with Crippen LogP contribution >= 0.6 is 0 Å². The van der Waals surface area contributed by atoms with Gasteiger partial charge in [-0.3, -0.25) is 0 Å². The molecule has 0 saturated heterocycles. The summed E-state index contributed by atoms with van der Waals surface area (Å²) in [5.74, 6) is 0.954. The van der Waals surface area contributed by atoms with Gasteiger partial charge in [0, 0.05) is 0 Å². The van der Waals surface area contributed by atoms with Crippen LogP contribution in [0.3, 0.4) is 0 Å². The summed E-state index contributed by atoms with van der Waals surface area (Å²) in [4.78, 5) is 0. The summed E-state index contributed by atoms with van der Waals surface area (Å²) < 4.78 is 5.24. The molecule has 1 aromatic rings. The van der Waals surface area contributed by atoms with Gasteiger partial charge in [-0.15, -0.1) is 0 Å². The minimum absolute atomic E-state index is 0.783. The third-order valence-corrected chi connectivity index (χ3v) is 2.69. The van der Waals surface area contributed by atoms with Crippen molar-refractivity contribution in [2.75, 3.05) is 13.7 Å². The van der Waals surface area contributed by atoms with Crippen LogP contribution in [0.4, 0.5) is 0 Å². The monoisotopic (exact) mass is 207 g/mol. The average Bonchev–Trinajstić information content (AvgIpc) is 2.29. The van der Waals surface area contributed by atoms with Crippen LogP contribution in [-0.2, 0) is 12.8 Å². The molecule has 0 aliphatic carbocycles. The first-order valence-electron chi connectivity index (χ1n) is 5.67. The molecule has 0 fully saturated rings. The van der Waals surface area contributed by atoms with E-state index in [4.69, 9.17) is 10.5 Å². The molecule has 2 N–H and O–H groups in total. The van der Waals surface area contributed by atoms with Crippen molar-refractivity contribution >= 4 is 0 Å². The predicted molar refractivity (Wildman–Crippen MR) is 64.4 cm³/mol. The Balaban J connectivity index is 2.72. The summed E-state index contributed by atoms with van der Waals surface area (Å²) in [6, 6.07) is 6.34. The second kappa shape index (κ2) is 6.46. The highest BCUT2D eigenvalue weighted by Gasteiger charge is 2.02. The minimum Gasteiger partial charge on any atom is -0.497 e. The third kappa shape index (κ3) is 3.56. The average molecular weight is 207 g/mol. The summed E-state index contributed by atoms with van der Waals surface area (Å²) in [6.45, 7) is 2.97. The van der Waals surface area contributed by atoms with Crippen molar-refractivity contribution in [2.45, 2.75) is 32.6 Å². The Morgan fingerprint density at radius 3 is 2.60 bits per heavy atom. The smallest absolute Gasteiger partial charge is 0.119 e. The van der Waals surface area contributed by atoms with Gasteiger partial charge < -0.3 is 10.5 Å². The van der Waals surface area contributed by atoms with Crippen LogP contribution in [0.25, 0.3) is 0 Å². The van der Waals surface area contributed by atoms with E-state index in [0.29, 0.717) is 0 Å². The van der Waals surface area contributed by atoms with Gasteiger partial charge in [0.25, 0.3) is 0 Å². The second-order valence-electron chi connectivity index (χ2n) is 3.73. The van der Waals surface area contributed by atoms with Gasteiger partial charge in [0.2, 0.25) is 0 Å². The Morgan fingerprint density at radius 2 is 2.00 bits per heavy atom. The first-order valence-corrected chi connectivity index (χ1v) is 5.67. The third-order valence-electron chi connectivity index (χ3n) is 2.69. The first kappa shape index (κ1) is 12.1. The van der Waals surface area contributed by atoms with E-state index in [2.05, 4.69) is 19.1 Å². The molecule has 0 aliphatic rings. The van der Waals surface area contributed by atoms with Crippen molar-refractivity contribution in [3.8, 4) is 5.75 Å². The van der Waals surface area contributed by atoms with Crippen molar-refractivity contribution in [1.82, 2.24) is 0 Å². The fourth-order valence-corrected chi connectivity index (χ4v) is 1.77. The van der Waals surface area contributed by atoms with Gasteiger partial charge in [-0.05, 0) is 55.5 Å². The van der Waals surface area contributed by atoms with E-state index in [9.17, 15) is 0 Å². The summed E-state index contributed by atoms with van der Waals surface area (Å²) >= 11 is 0. The van der Waals surface area contributed by atoms with Gasteiger partial charge in [-0.25, -0.2) is 0 Å². The van der Waals surface area contributed by atoms with E-state index in [1.54, 1.807) is 7.11 Å². The molecule has 0 aliphatic heterocycles. The molecule has 1 rings (SSSR count). The molecule has 2 heteroatoms. The van der Waals surface area contributed by atoms with Crippen LogP contribution in [0, 0.1) is 0 Å². The Hall–Kier alpha value is -1.02. The first-order chi connectivity index (χ1) is 7.31. The van der Waals surface area contributed by atoms with Crippen LogP contribution in [0.1, 0.15) is 30.9 Å². The Bertz CT molecular complexity index is 297. The number of unbranched alkanes of at least 4 members (excludes halogenated alkanes) is 1. The van der Waals surface area contributed by atoms with Crippen LogP contribution in [0.2, 0.25) is 0 Å². The summed E-state index contributed by atoms with van der Waals surface area (Å²) in [5.41, 5.74) is 8.33. The van der Waals surface area contributed by atoms with Crippen molar-refractivity contribution in [3.05, 3.63) is 29.3 Å². The van der Waals surface area contributed by atoms with Crippen molar-refractivity contribution in [2.24, 2.45) is 5.73 Å². The van der Waals surface area contributed by atoms with E-state index in [0.717, 1.165) is 38.0 Å². The highest BCUT2D eigenvalue weighted by atomic mass is 16.5. The SMILES string of the molecule is CCc1ccc(OC)cc1CCCCN. The zero-order chi connectivity index (χ0) is 11.1. The van der Waals surface area contributed by atoms with Gasteiger partial charge in [0.1, 0.15) is 5.75 Å². The molecule has 0 atom stereocenters. The highest BCUT2D eigenvalue weighted by molar-refractivity contribution is 5.35. The molecular weight excluding hydrogens is 186 g/mol. The molecule has 0 unspecified atom stereocenters. The minimum atomic E-state index is 0.783. The normalized spacial score (nSPS) is 10.3. The van der Waals surface area contributed by atoms with E-state index < -0.39 is 0 Å². The van der Waals surface area contributed by atoms with Gasteiger partial charge in [0.05, 0.1) is 7.11 Å². The van der Waals surface area contributed by atoms with E-state index >= 15 is 0 Å². The number of methoxy groups -OCH3 is 1. The Labute approximate surface area is 92.4 Å². The number of nitrogens with two attached hydrogens (primary N) is 1. The zero-order valence-corrected chi connectivity index (χ0v) is 9.75. The fraction of sp³-hybridized carbons (Fsp3) is 0.538. The second-order valence-corrected chi connectivity index (χ2v) is 3.73. The predicted octanol–water partition coefficient (Wildman–Crippen LogP) is 2.54. The number of hydrogen-bond donors (Lipinski definition) is 1.